The van der Waals surface area contributed by atoms with Crippen LogP contribution in [0, 0.1) is 5.41 Å². The Kier molecular flexibility index (Phi) is 4.11. The summed E-state index contributed by atoms with van der Waals surface area (Å²) in [6, 6.07) is 8.75. The molecule has 0 amide bonds. The van der Waals surface area contributed by atoms with E-state index in [1.807, 2.05) is 6.07 Å². The normalized spacial score (nSPS) is 20.4. The fourth-order valence-corrected chi connectivity index (χ4v) is 3.64. The van der Waals surface area contributed by atoms with Gasteiger partial charge in [-0.3, -0.25) is 0 Å². The maximum Gasteiger partial charge on any atom is 0.0409 e. The van der Waals surface area contributed by atoms with E-state index in [0.717, 1.165) is 5.02 Å². The molecule has 1 unspecified atom stereocenters. The molecule has 1 aromatic carbocycles. The summed E-state index contributed by atoms with van der Waals surface area (Å²) in [4.78, 5) is 0. The van der Waals surface area contributed by atoms with Crippen LogP contribution in [-0.2, 0) is 0 Å². The van der Waals surface area contributed by atoms with E-state index in [2.05, 4.69) is 37.5 Å². The molecular formula is C15H22ClN. The number of nitrogens with one attached hydrogen (secondary N) is 1. The van der Waals surface area contributed by atoms with Gasteiger partial charge in [0.15, 0.2) is 0 Å². The molecule has 0 bridgehead atoms. The molecule has 0 aromatic heterocycles. The molecule has 1 aliphatic carbocycles. The summed E-state index contributed by atoms with van der Waals surface area (Å²) in [5, 5.41) is 4.36. The van der Waals surface area contributed by atoms with Gasteiger partial charge < -0.3 is 5.32 Å². The highest BCUT2D eigenvalue weighted by atomic mass is 35.5. The molecule has 0 spiro atoms. The largest absolute Gasteiger partial charge is 0.313 e. The molecule has 1 nitrogen and oxygen atoms in total. The summed E-state index contributed by atoms with van der Waals surface area (Å²) in [7, 11) is 2.07. The number of halogens is 1. The third kappa shape index (κ3) is 2.51. The average Bonchev–Trinajstić information content (AvgIpc) is 2.80. The van der Waals surface area contributed by atoms with Gasteiger partial charge in [-0.1, -0.05) is 43.5 Å². The third-order valence-corrected chi connectivity index (χ3v) is 4.62. The first kappa shape index (κ1) is 12.9. The van der Waals surface area contributed by atoms with Gasteiger partial charge in [0.05, 0.1) is 0 Å². The van der Waals surface area contributed by atoms with E-state index < -0.39 is 0 Å². The minimum atomic E-state index is 0.430. The van der Waals surface area contributed by atoms with Crippen molar-refractivity contribution in [2.75, 3.05) is 7.05 Å². The molecule has 1 N–H and O–H groups in total. The van der Waals surface area contributed by atoms with Crippen molar-refractivity contribution < 1.29 is 0 Å². The van der Waals surface area contributed by atoms with E-state index in [1.54, 1.807) is 0 Å². The van der Waals surface area contributed by atoms with E-state index in [4.69, 9.17) is 11.6 Å². The topological polar surface area (TPSA) is 12.0 Å². The van der Waals surface area contributed by atoms with Crippen molar-refractivity contribution in [3.63, 3.8) is 0 Å². The summed E-state index contributed by atoms with van der Waals surface area (Å²) in [5.74, 6) is 0. The van der Waals surface area contributed by atoms with Gasteiger partial charge in [0, 0.05) is 11.1 Å². The highest BCUT2D eigenvalue weighted by Gasteiger charge is 2.39. The van der Waals surface area contributed by atoms with Crippen LogP contribution in [0.2, 0.25) is 5.02 Å². The maximum atomic E-state index is 6.11. The maximum absolute atomic E-state index is 6.11. The van der Waals surface area contributed by atoms with Gasteiger partial charge in [-0.15, -0.1) is 0 Å². The SMILES string of the molecule is CCC1(C(NC)c2cccc(Cl)c2)CCCC1. The smallest absolute Gasteiger partial charge is 0.0409 e. The van der Waals surface area contributed by atoms with Gasteiger partial charge in [0.2, 0.25) is 0 Å². The van der Waals surface area contributed by atoms with Gasteiger partial charge in [-0.2, -0.15) is 0 Å². The summed E-state index contributed by atoms with van der Waals surface area (Å²) in [6.07, 6.45) is 6.65. The Morgan fingerprint density at radius 2 is 2.06 bits per heavy atom. The Balaban J connectivity index is 2.32. The molecular weight excluding hydrogens is 230 g/mol. The quantitative estimate of drug-likeness (QED) is 0.827. The van der Waals surface area contributed by atoms with Gasteiger partial charge >= 0.3 is 0 Å². The molecule has 0 aliphatic heterocycles. The summed E-state index contributed by atoms with van der Waals surface area (Å²) in [5.41, 5.74) is 1.77. The summed E-state index contributed by atoms with van der Waals surface area (Å²) < 4.78 is 0. The second-order valence-electron chi connectivity index (χ2n) is 5.20. The van der Waals surface area contributed by atoms with Crippen molar-refractivity contribution in [3.05, 3.63) is 34.9 Å². The Morgan fingerprint density at radius 3 is 2.59 bits per heavy atom. The van der Waals surface area contributed by atoms with Crippen molar-refractivity contribution in [1.82, 2.24) is 5.32 Å². The Bertz CT molecular complexity index is 369. The molecule has 2 rings (SSSR count). The van der Waals surface area contributed by atoms with Gasteiger partial charge in [-0.25, -0.2) is 0 Å². The molecule has 1 fully saturated rings. The summed E-state index contributed by atoms with van der Waals surface area (Å²) in [6.45, 7) is 2.32. The fraction of sp³-hybridized carbons (Fsp3) is 0.600. The minimum Gasteiger partial charge on any atom is -0.313 e. The van der Waals surface area contributed by atoms with E-state index in [9.17, 15) is 0 Å². The molecule has 1 atom stereocenters. The Hall–Kier alpha value is -0.530. The molecule has 0 saturated heterocycles. The second-order valence-corrected chi connectivity index (χ2v) is 5.64. The van der Waals surface area contributed by atoms with Crippen molar-refractivity contribution in [2.24, 2.45) is 5.41 Å². The van der Waals surface area contributed by atoms with Crippen LogP contribution in [0.15, 0.2) is 24.3 Å². The number of benzene rings is 1. The Morgan fingerprint density at radius 1 is 1.35 bits per heavy atom. The first-order chi connectivity index (χ1) is 8.22. The predicted molar refractivity (Wildman–Crippen MR) is 74.4 cm³/mol. The van der Waals surface area contributed by atoms with Crippen LogP contribution < -0.4 is 5.32 Å². The molecule has 1 aliphatic rings. The zero-order valence-electron chi connectivity index (χ0n) is 10.8. The first-order valence-electron chi connectivity index (χ1n) is 6.64. The van der Waals surface area contributed by atoms with Crippen LogP contribution >= 0.6 is 11.6 Å². The zero-order valence-corrected chi connectivity index (χ0v) is 11.6. The molecule has 2 heteroatoms. The van der Waals surface area contributed by atoms with Crippen LogP contribution in [-0.4, -0.2) is 7.05 Å². The summed E-state index contributed by atoms with van der Waals surface area (Å²) >= 11 is 6.11. The average molecular weight is 252 g/mol. The first-order valence-corrected chi connectivity index (χ1v) is 7.02. The van der Waals surface area contributed by atoms with Gasteiger partial charge in [0.1, 0.15) is 0 Å². The van der Waals surface area contributed by atoms with Crippen LogP contribution in [0.3, 0.4) is 0 Å². The van der Waals surface area contributed by atoms with E-state index in [1.165, 1.54) is 37.7 Å². The lowest BCUT2D eigenvalue weighted by molar-refractivity contribution is 0.195. The number of hydrogen-bond donors (Lipinski definition) is 1. The van der Waals surface area contributed by atoms with Crippen molar-refractivity contribution in [3.8, 4) is 0 Å². The van der Waals surface area contributed by atoms with E-state index in [-0.39, 0.29) is 0 Å². The van der Waals surface area contributed by atoms with E-state index >= 15 is 0 Å². The van der Waals surface area contributed by atoms with Crippen LogP contribution in [0.4, 0.5) is 0 Å². The minimum absolute atomic E-state index is 0.430. The van der Waals surface area contributed by atoms with Crippen LogP contribution in [0.5, 0.6) is 0 Å². The van der Waals surface area contributed by atoms with E-state index in [0.29, 0.717) is 11.5 Å². The molecule has 1 saturated carbocycles. The zero-order chi connectivity index (χ0) is 12.3. The lowest BCUT2D eigenvalue weighted by atomic mass is 9.73. The number of hydrogen-bond acceptors (Lipinski definition) is 1. The van der Waals surface area contributed by atoms with Crippen molar-refractivity contribution in [2.45, 2.75) is 45.1 Å². The molecule has 94 valence electrons. The second kappa shape index (κ2) is 5.41. The van der Waals surface area contributed by atoms with Crippen LogP contribution in [0.25, 0.3) is 0 Å². The van der Waals surface area contributed by atoms with Gasteiger partial charge in [0.25, 0.3) is 0 Å². The third-order valence-electron chi connectivity index (χ3n) is 4.39. The standard InChI is InChI=1S/C15H22ClN/c1-3-15(9-4-5-10-15)14(17-2)12-7-6-8-13(16)11-12/h6-8,11,14,17H,3-5,9-10H2,1-2H3. The van der Waals surface area contributed by atoms with Crippen LogP contribution in [0.1, 0.15) is 50.6 Å². The molecule has 0 heterocycles. The lowest BCUT2D eigenvalue weighted by Gasteiger charge is -2.37. The predicted octanol–water partition coefficient (Wildman–Crippen LogP) is 4.57. The fourth-order valence-electron chi connectivity index (χ4n) is 3.44. The highest BCUT2D eigenvalue weighted by molar-refractivity contribution is 6.30. The monoisotopic (exact) mass is 251 g/mol. The lowest BCUT2D eigenvalue weighted by Crippen LogP contribution is -2.34. The molecule has 1 aromatic rings. The Labute approximate surface area is 110 Å². The number of rotatable bonds is 4. The van der Waals surface area contributed by atoms with Gasteiger partial charge in [-0.05, 0) is 49.4 Å². The molecule has 0 radical (unpaired) electrons. The molecule has 17 heavy (non-hydrogen) atoms. The highest BCUT2D eigenvalue weighted by Crippen LogP contribution is 2.50. The van der Waals surface area contributed by atoms with Crippen molar-refractivity contribution >= 4 is 11.6 Å². The van der Waals surface area contributed by atoms with Crippen molar-refractivity contribution in [1.29, 1.82) is 0 Å².